The van der Waals surface area contributed by atoms with Crippen molar-refractivity contribution in [1.82, 2.24) is 0 Å². The lowest BCUT2D eigenvalue weighted by Crippen LogP contribution is -2.11. The SMILES string of the molecule is Cc1cccc(COc2c(-c3ccc(C(C)(C)C)cc3)oc3ccccc3c2=O)c1. The Morgan fingerprint density at radius 1 is 0.900 bits per heavy atom. The average Bonchev–Trinajstić information content (AvgIpc) is 2.72. The van der Waals surface area contributed by atoms with Crippen LogP contribution in [0.25, 0.3) is 22.3 Å². The molecule has 0 aliphatic heterocycles. The van der Waals surface area contributed by atoms with E-state index in [1.807, 2.05) is 55.5 Å². The zero-order valence-electron chi connectivity index (χ0n) is 17.9. The second-order valence-electron chi connectivity index (χ2n) is 8.69. The molecule has 3 aromatic carbocycles. The van der Waals surface area contributed by atoms with Crippen LogP contribution in [0.4, 0.5) is 0 Å². The molecule has 1 heterocycles. The summed E-state index contributed by atoms with van der Waals surface area (Å²) in [4.78, 5) is 13.3. The van der Waals surface area contributed by atoms with Crippen LogP contribution < -0.4 is 10.2 Å². The van der Waals surface area contributed by atoms with Crippen molar-refractivity contribution < 1.29 is 9.15 Å². The molecular formula is C27H26O3. The first kappa shape index (κ1) is 20.0. The van der Waals surface area contributed by atoms with Gasteiger partial charge in [-0.15, -0.1) is 0 Å². The highest BCUT2D eigenvalue weighted by atomic mass is 16.5. The molecule has 0 aliphatic rings. The maximum absolute atomic E-state index is 13.3. The van der Waals surface area contributed by atoms with Crippen LogP contribution in [0, 0.1) is 6.92 Å². The molecule has 0 saturated heterocycles. The Labute approximate surface area is 176 Å². The molecule has 4 aromatic rings. The highest BCUT2D eigenvalue weighted by Gasteiger charge is 2.19. The molecular weight excluding hydrogens is 372 g/mol. The first-order chi connectivity index (χ1) is 14.3. The number of hydrogen-bond donors (Lipinski definition) is 0. The monoisotopic (exact) mass is 398 g/mol. The van der Waals surface area contributed by atoms with Gasteiger partial charge in [0.15, 0.2) is 5.76 Å². The van der Waals surface area contributed by atoms with E-state index in [0.29, 0.717) is 23.3 Å². The van der Waals surface area contributed by atoms with Crippen LogP contribution >= 0.6 is 0 Å². The van der Waals surface area contributed by atoms with Gasteiger partial charge in [0, 0.05) is 5.56 Å². The first-order valence-corrected chi connectivity index (χ1v) is 10.2. The summed E-state index contributed by atoms with van der Waals surface area (Å²) >= 11 is 0. The Kier molecular flexibility index (Phi) is 5.21. The maximum Gasteiger partial charge on any atom is 0.235 e. The molecule has 3 nitrogen and oxygen atoms in total. The largest absolute Gasteiger partial charge is 0.481 e. The van der Waals surface area contributed by atoms with Gasteiger partial charge in [-0.1, -0.05) is 87.0 Å². The van der Waals surface area contributed by atoms with Crippen molar-refractivity contribution in [3.8, 4) is 17.1 Å². The Morgan fingerprint density at radius 3 is 2.33 bits per heavy atom. The molecule has 0 amide bonds. The van der Waals surface area contributed by atoms with Crippen LogP contribution in [0.1, 0.15) is 37.5 Å². The van der Waals surface area contributed by atoms with Gasteiger partial charge < -0.3 is 9.15 Å². The smallest absolute Gasteiger partial charge is 0.235 e. The Hall–Kier alpha value is -3.33. The minimum atomic E-state index is -0.153. The third-order valence-electron chi connectivity index (χ3n) is 5.23. The van der Waals surface area contributed by atoms with Crippen molar-refractivity contribution in [2.75, 3.05) is 0 Å². The Balaban J connectivity index is 1.81. The maximum atomic E-state index is 13.3. The molecule has 0 atom stereocenters. The number of aryl methyl sites for hydroxylation is 1. The van der Waals surface area contributed by atoms with Gasteiger partial charge in [0.1, 0.15) is 12.2 Å². The second-order valence-corrected chi connectivity index (χ2v) is 8.69. The average molecular weight is 399 g/mol. The highest BCUT2D eigenvalue weighted by molar-refractivity contribution is 5.82. The Bertz CT molecular complexity index is 1240. The first-order valence-electron chi connectivity index (χ1n) is 10.2. The van der Waals surface area contributed by atoms with Crippen LogP contribution in [0.2, 0.25) is 0 Å². The standard InChI is InChI=1S/C27H26O3/c1-18-8-7-9-19(16-18)17-29-26-24(28)22-10-5-6-11-23(22)30-25(26)20-12-14-21(15-13-20)27(2,3)4/h5-16H,17H2,1-4H3. The van der Waals surface area contributed by atoms with Gasteiger partial charge in [-0.3, -0.25) is 4.79 Å². The molecule has 0 unspecified atom stereocenters. The summed E-state index contributed by atoms with van der Waals surface area (Å²) in [6.45, 7) is 8.87. The van der Waals surface area contributed by atoms with Gasteiger partial charge in [-0.25, -0.2) is 0 Å². The van der Waals surface area contributed by atoms with Crippen molar-refractivity contribution in [3.63, 3.8) is 0 Å². The fourth-order valence-corrected chi connectivity index (χ4v) is 3.53. The molecule has 0 N–H and O–H groups in total. The predicted molar refractivity (Wildman–Crippen MR) is 122 cm³/mol. The molecule has 0 aliphatic carbocycles. The van der Waals surface area contributed by atoms with E-state index in [0.717, 1.165) is 16.7 Å². The molecule has 0 saturated carbocycles. The molecule has 4 rings (SSSR count). The summed E-state index contributed by atoms with van der Waals surface area (Å²) < 4.78 is 12.2. The summed E-state index contributed by atoms with van der Waals surface area (Å²) in [6, 6.07) is 23.5. The van der Waals surface area contributed by atoms with Gasteiger partial charge in [-0.2, -0.15) is 0 Å². The van der Waals surface area contributed by atoms with E-state index >= 15 is 0 Å². The minimum Gasteiger partial charge on any atom is -0.481 e. The van der Waals surface area contributed by atoms with Crippen LogP contribution in [0.3, 0.4) is 0 Å². The number of fused-ring (bicyclic) bond motifs is 1. The quantitative estimate of drug-likeness (QED) is 0.386. The van der Waals surface area contributed by atoms with E-state index in [-0.39, 0.29) is 16.6 Å². The lowest BCUT2D eigenvalue weighted by atomic mass is 9.86. The van der Waals surface area contributed by atoms with Crippen LogP contribution in [-0.2, 0) is 12.0 Å². The molecule has 0 spiro atoms. The summed E-state index contributed by atoms with van der Waals surface area (Å²) in [6.07, 6.45) is 0. The fraction of sp³-hybridized carbons (Fsp3) is 0.222. The number of hydrogen-bond acceptors (Lipinski definition) is 3. The third kappa shape index (κ3) is 4.02. The molecule has 30 heavy (non-hydrogen) atoms. The van der Waals surface area contributed by atoms with Crippen LogP contribution in [-0.4, -0.2) is 0 Å². The number of para-hydroxylation sites is 1. The summed E-state index contributed by atoms with van der Waals surface area (Å²) in [5.74, 6) is 0.713. The second kappa shape index (κ2) is 7.83. The normalized spacial score (nSPS) is 11.6. The van der Waals surface area contributed by atoms with E-state index in [9.17, 15) is 4.79 Å². The van der Waals surface area contributed by atoms with Crippen LogP contribution in [0.15, 0.2) is 82.0 Å². The molecule has 152 valence electrons. The molecule has 0 fully saturated rings. The third-order valence-corrected chi connectivity index (χ3v) is 5.23. The molecule has 1 aromatic heterocycles. The van der Waals surface area contributed by atoms with Gasteiger partial charge in [-0.05, 0) is 35.6 Å². The van der Waals surface area contributed by atoms with E-state index in [1.165, 1.54) is 5.56 Å². The lowest BCUT2D eigenvalue weighted by Gasteiger charge is -2.19. The van der Waals surface area contributed by atoms with Crippen molar-refractivity contribution >= 4 is 11.0 Å². The Morgan fingerprint density at radius 2 is 1.63 bits per heavy atom. The van der Waals surface area contributed by atoms with E-state index in [4.69, 9.17) is 9.15 Å². The fourth-order valence-electron chi connectivity index (χ4n) is 3.53. The van der Waals surface area contributed by atoms with Gasteiger partial charge >= 0.3 is 0 Å². The van der Waals surface area contributed by atoms with E-state index in [1.54, 1.807) is 6.07 Å². The van der Waals surface area contributed by atoms with E-state index in [2.05, 4.69) is 39.0 Å². The van der Waals surface area contributed by atoms with Gasteiger partial charge in [0.25, 0.3) is 0 Å². The van der Waals surface area contributed by atoms with Gasteiger partial charge in [0.05, 0.1) is 5.39 Å². The highest BCUT2D eigenvalue weighted by Crippen LogP contribution is 2.33. The topological polar surface area (TPSA) is 39.4 Å². The van der Waals surface area contributed by atoms with E-state index < -0.39 is 0 Å². The van der Waals surface area contributed by atoms with Crippen LogP contribution in [0.5, 0.6) is 5.75 Å². The summed E-state index contributed by atoms with van der Waals surface area (Å²) in [5.41, 5.74) is 4.66. The number of ether oxygens (including phenoxy) is 1. The summed E-state index contributed by atoms with van der Waals surface area (Å²) in [7, 11) is 0. The lowest BCUT2D eigenvalue weighted by molar-refractivity contribution is 0.298. The zero-order valence-corrected chi connectivity index (χ0v) is 17.9. The number of benzene rings is 3. The molecule has 0 radical (unpaired) electrons. The van der Waals surface area contributed by atoms with Crippen molar-refractivity contribution in [1.29, 1.82) is 0 Å². The molecule has 3 heteroatoms. The zero-order chi connectivity index (χ0) is 21.3. The van der Waals surface area contributed by atoms with Gasteiger partial charge in [0.2, 0.25) is 11.2 Å². The number of rotatable bonds is 4. The van der Waals surface area contributed by atoms with Crippen molar-refractivity contribution in [3.05, 3.63) is 99.7 Å². The summed E-state index contributed by atoms with van der Waals surface area (Å²) in [5, 5.41) is 0.520. The molecule has 0 bridgehead atoms. The predicted octanol–water partition coefficient (Wildman–Crippen LogP) is 6.64. The van der Waals surface area contributed by atoms with Crippen molar-refractivity contribution in [2.45, 2.75) is 39.7 Å². The minimum absolute atomic E-state index is 0.0489. The van der Waals surface area contributed by atoms with Crippen molar-refractivity contribution in [2.24, 2.45) is 0 Å².